The van der Waals surface area contributed by atoms with Crippen molar-refractivity contribution in [3.05, 3.63) is 47.0 Å². The molecule has 298 valence electrons. The average molecular weight is 807 g/mol. The number of allylic oxidation sites excluding steroid dienone is 1. The summed E-state index contributed by atoms with van der Waals surface area (Å²) in [5.74, 6) is -0.913. The summed E-state index contributed by atoms with van der Waals surface area (Å²) in [5, 5.41) is 17.8. The Labute approximate surface area is 328 Å². The highest BCUT2D eigenvalue weighted by atomic mass is 32.2. The maximum Gasteiger partial charge on any atom is 0.405 e. The lowest BCUT2D eigenvalue weighted by Crippen LogP contribution is -2.58. The molecule has 3 aliphatic carbocycles. The zero-order valence-electron chi connectivity index (χ0n) is 31.3. The number of amides is 4. The van der Waals surface area contributed by atoms with Crippen molar-refractivity contribution < 1.29 is 42.2 Å². The minimum Gasteiger partial charge on any atom is -0.496 e. The van der Waals surface area contributed by atoms with Gasteiger partial charge in [-0.15, -0.1) is 11.3 Å². The summed E-state index contributed by atoms with van der Waals surface area (Å²) >= 11 is 1.50. The molecule has 17 heteroatoms. The van der Waals surface area contributed by atoms with Gasteiger partial charge in [0.2, 0.25) is 21.8 Å². The SMILES string of the molecule is COc1ccc2c(O[C@@H]3C[C@H]4C(=O)N[C@]5(C(=O)NS(=O)(=O)C6CC6)C[C@H]5C=CCCCCC[C@H](NC(=O)O)C(=O)N4C3)cc(-c3nc(C4CC4)cs3)nc2c1C. The number of hydrogen-bond donors (Lipinski definition) is 4. The third kappa shape index (κ3) is 7.66. The van der Waals surface area contributed by atoms with Gasteiger partial charge in [-0.2, -0.15) is 0 Å². The summed E-state index contributed by atoms with van der Waals surface area (Å²) in [4.78, 5) is 65.6. The molecule has 0 radical (unpaired) electrons. The van der Waals surface area contributed by atoms with Gasteiger partial charge in [-0.3, -0.25) is 19.1 Å². The summed E-state index contributed by atoms with van der Waals surface area (Å²) in [6.45, 7) is 1.86. The molecule has 8 rings (SSSR count). The van der Waals surface area contributed by atoms with Crippen LogP contribution in [-0.2, 0) is 24.4 Å². The van der Waals surface area contributed by atoms with Crippen LogP contribution in [-0.4, -0.2) is 94.8 Å². The number of nitrogens with zero attached hydrogens (tertiary/aromatic N) is 3. The molecule has 56 heavy (non-hydrogen) atoms. The van der Waals surface area contributed by atoms with Crippen molar-refractivity contribution in [2.24, 2.45) is 5.92 Å². The van der Waals surface area contributed by atoms with Crippen LogP contribution in [0.25, 0.3) is 21.6 Å². The highest BCUT2D eigenvalue weighted by molar-refractivity contribution is 7.91. The Bertz CT molecular complexity index is 2220. The molecule has 4 fully saturated rings. The number of rotatable bonds is 9. The highest BCUT2D eigenvalue weighted by Crippen LogP contribution is 2.47. The molecule has 1 saturated heterocycles. The van der Waals surface area contributed by atoms with Crippen molar-refractivity contribution >= 4 is 56.1 Å². The summed E-state index contributed by atoms with van der Waals surface area (Å²) < 4.78 is 40.3. The summed E-state index contributed by atoms with van der Waals surface area (Å²) in [6.07, 6.45) is 7.99. The van der Waals surface area contributed by atoms with Crippen LogP contribution in [0.3, 0.4) is 0 Å². The number of methoxy groups -OCH3 is 1. The molecule has 15 nitrogen and oxygen atoms in total. The first kappa shape index (κ1) is 38.1. The van der Waals surface area contributed by atoms with Gasteiger partial charge in [0, 0.05) is 40.7 Å². The number of carboxylic acid groups (broad SMARTS) is 1. The van der Waals surface area contributed by atoms with E-state index in [-0.39, 0.29) is 25.8 Å². The van der Waals surface area contributed by atoms with Gasteiger partial charge in [0.15, 0.2) is 0 Å². The van der Waals surface area contributed by atoms with Gasteiger partial charge in [0.05, 0.1) is 30.1 Å². The highest BCUT2D eigenvalue weighted by Gasteiger charge is 2.62. The van der Waals surface area contributed by atoms with Crippen LogP contribution in [0.1, 0.15) is 87.8 Å². The maximum absolute atomic E-state index is 14.4. The first-order chi connectivity index (χ1) is 26.9. The minimum absolute atomic E-state index is 0.0211. The Balaban J connectivity index is 1.13. The lowest BCUT2D eigenvalue weighted by molar-refractivity contribution is -0.141. The predicted octanol–water partition coefficient (Wildman–Crippen LogP) is 4.54. The molecule has 5 aliphatic rings. The normalized spacial score (nSPS) is 27.0. The monoisotopic (exact) mass is 806 g/mol. The molecule has 0 unspecified atom stereocenters. The van der Waals surface area contributed by atoms with Crippen molar-refractivity contribution in [2.75, 3.05) is 13.7 Å². The molecule has 4 amide bonds. The largest absolute Gasteiger partial charge is 0.496 e. The van der Waals surface area contributed by atoms with Crippen molar-refractivity contribution in [1.82, 2.24) is 30.2 Å². The second-order valence-corrected chi connectivity index (χ2v) is 18.5. The van der Waals surface area contributed by atoms with Crippen molar-refractivity contribution in [2.45, 2.75) is 112 Å². The number of carbonyl (C=O) groups is 4. The van der Waals surface area contributed by atoms with E-state index in [0.717, 1.165) is 41.9 Å². The second-order valence-electron chi connectivity index (χ2n) is 15.6. The molecule has 2 aliphatic heterocycles. The zero-order chi connectivity index (χ0) is 39.4. The Morgan fingerprint density at radius 3 is 2.61 bits per heavy atom. The molecule has 4 N–H and O–H groups in total. The first-order valence-electron chi connectivity index (χ1n) is 19.3. The molecule has 5 atom stereocenters. The maximum atomic E-state index is 14.4. The fraction of sp³-hybridized carbons (Fsp3) is 0.538. The third-order valence-corrected chi connectivity index (χ3v) is 14.2. The van der Waals surface area contributed by atoms with Gasteiger partial charge in [-0.25, -0.2) is 23.2 Å². The molecule has 4 heterocycles. The Hall–Kier alpha value is -4.77. The molecular formula is C39H46N6O9S2. The van der Waals surface area contributed by atoms with E-state index in [1.54, 1.807) is 7.11 Å². The molecule has 0 spiro atoms. The zero-order valence-corrected chi connectivity index (χ0v) is 32.9. The Morgan fingerprint density at radius 2 is 1.88 bits per heavy atom. The van der Waals surface area contributed by atoms with Crippen molar-refractivity contribution in [3.63, 3.8) is 0 Å². The molecular weight excluding hydrogens is 761 g/mol. The van der Waals surface area contributed by atoms with Crippen molar-refractivity contribution in [3.8, 4) is 22.2 Å². The van der Waals surface area contributed by atoms with E-state index in [1.165, 1.54) is 16.2 Å². The van der Waals surface area contributed by atoms with Gasteiger partial charge < -0.3 is 30.1 Å². The fourth-order valence-electron chi connectivity index (χ4n) is 7.95. The average Bonchev–Trinajstić information content (AvgIpc) is 4.11. The molecule has 2 aromatic heterocycles. The molecule has 1 aromatic carbocycles. The quantitative estimate of drug-likeness (QED) is 0.221. The standard InChI is InChI=1S/C39H46N6O9S2/c1-21-31(53-2)15-14-26-32(17-28(40-33(21)26)35-41-29(20-55-35)22-10-11-22)54-24-16-30-34(46)43-39(37(48)44-56(51,52)25-12-13-25)18-23(39)8-6-4-3-5-7-9-27(42-38(49)50)36(47)45(30)19-24/h6,8,14-15,17,20,22-25,27,30,42H,3-5,7,9-13,16,18-19H2,1-2H3,(H,43,46)(H,44,48)(H,49,50)/t23-,24-,27+,30+,39-/m1/s1. The molecule has 3 saturated carbocycles. The van der Waals surface area contributed by atoms with Crippen LogP contribution in [0.15, 0.2) is 35.7 Å². The Morgan fingerprint density at radius 1 is 1.07 bits per heavy atom. The summed E-state index contributed by atoms with van der Waals surface area (Å²) in [5.41, 5.74) is 1.56. The number of carbonyl (C=O) groups excluding carboxylic acids is 3. The third-order valence-electron chi connectivity index (χ3n) is 11.5. The topological polar surface area (TPSA) is 206 Å². The number of aromatic nitrogens is 2. The van der Waals surface area contributed by atoms with E-state index >= 15 is 0 Å². The lowest BCUT2D eigenvalue weighted by atomic mass is 10.1. The number of aryl methyl sites for hydroxylation is 1. The molecule has 0 bridgehead atoms. The first-order valence-corrected chi connectivity index (χ1v) is 21.7. The van der Waals surface area contributed by atoms with E-state index in [1.807, 2.05) is 37.3 Å². The van der Waals surface area contributed by atoms with Gasteiger partial charge in [0.25, 0.3) is 5.91 Å². The minimum atomic E-state index is -3.91. The van der Waals surface area contributed by atoms with Crippen LogP contribution >= 0.6 is 11.3 Å². The van der Waals surface area contributed by atoms with Gasteiger partial charge in [-0.05, 0) is 70.4 Å². The lowest BCUT2D eigenvalue weighted by Gasteiger charge is -2.29. The Kier molecular flexibility index (Phi) is 10.2. The predicted molar refractivity (Wildman–Crippen MR) is 207 cm³/mol. The fourth-order valence-corrected chi connectivity index (χ4v) is 10.2. The number of thiazole rings is 1. The van der Waals surface area contributed by atoms with E-state index in [0.29, 0.717) is 59.7 Å². The van der Waals surface area contributed by atoms with Gasteiger partial charge in [0.1, 0.15) is 45.9 Å². The number of hydrogen-bond acceptors (Lipinski definition) is 11. The smallest absolute Gasteiger partial charge is 0.405 e. The van der Waals surface area contributed by atoms with E-state index in [2.05, 4.69) is 20.7 Å². The van der Waals surface area contributed by atoms with Crippen LogP contribution < -0.4 is 24.8 Å². The van der Waals surface area contributed by atoms with Crippen LogP contribution in [0.4, 0.5) is 4.79 Å². The number of fused-ring (bicyclic) bond motifs is 3. The number of ether oxygens (including phenoxy) is 2. The van der Waals surface area contributed by atoms with Crippen LogP contribution in [0, 0.1) is 12.8 Å². The van der Waals surface area contributed by atoms with Crippen LogP contribution in [0.2, 0.25) is 0 Å². The summed E-state index contributed by atoms with van der Waals surface area (Å²) in [6, 6.07) is 3.22. The summed E-state index contributed by atoms with van der Waals surface area (Å²) in [7, 11) is -2.32. The van der Waals surface area contributed by atoms with E-state index in [9.17, 15) is 32.7 Å². The van der Waals surface area contributed by atoms with E-state index in [4.69, 9.17) is 19.4 Å². The number of sulfonamides is 1. The second kappa shape index (κ2) is 15.0. The number of benzene rings is 1. The van der Waals surface area contributed by atoms with Gasteiger partial charge >= 0.3 is 6.09 Å². The van der Waals surface area contributed by atoms with Gasteiger partial charge in [-0.1, -0.05) is 25.0 Å². The van der Waals surface area contributed by atoms with E-state index < -0.39 is 68.7 Å². The number of nitrogens with one attached hydrogen (secondary N) is 3. The van der Waals surface area contributed by atoms with Crippen LogP contribution in [0.5, 0.6) is 11.5 Å². The number of pyridine rings is 1. The van der Waals surface area contributed by atoms with Crippen molar-refractivity contribution in [1.29, 1.82) is 0 Å². The molecule has 3 aromatic rings.